The Morgan fingerprint density at radius 1 is 1.43 bits per heavy atom. The maximum absolute atomic E-state index is 12.2. The molecule has 1 aromatic rings. The molecule has 0 aliphatic rings. The summed E-state index contributed by atoms with van der Waals surface area (Å²) in [6, 6.07) is 5.36. The number of halogens is 1. The first kappa shape index (κ1) is 16.9. The van der Waals surface area contributed by atoms with Crippen LogP contribution in [-0.2, 0) is 4.79 Å². The highest BCUT2D eigenvalue weighted by molar-refractivity contribution is 6.30. The number of carbonyl (C=O) groups excluding carboxylic acids is 1. The zero-order valence-electron chi connectivity index (χ0n) is 11.7. The molecule has 5 nitrogen and oxygen atoms in total. The number of nitrogens with zero attached hydrogens (tertiary/aromatic N) is 1. The number of carboxylic acid groups (broad SMARTS) is 1. The Hall–Kier alpha value is -2.19. The lowest BCUT2D eigenvalue weighted by Crippen LogP contribution is -2.46. The molecule has 0 spiro atoms. The van der Waals surface area contributed by atoms with Crippen LogP contribution in [0.5, 0.6) is 0 Å². The van der Waals surface area contributed by atoms with Gasteiger partial charge in [0.05, 0.1) is 6.04 Å². The van der Waals surface area contributed by atoms with E-state index in [1.165, 1.54) is 0 Å². The highest BCUT2D eigenvalue weighted by Crippen LogP contribution is 2.18. The molecule has 1 unspecified atom stereocenters. The van der Waals surface area contributed by atoms with Gasteiger partial charge in [-0.25, -0.2) is 4.79 Å². The van der Waals surface area contributed by atoms with Gasteiger partial charge >= 0.3 is 12.0 Å². The molecule has 0 bridgehead atoms. The minimum atomic E-state index is -1.12. The number of nitrogens with one attached hydrogen (secondary N) is 1. The third-order valence-corrected chi connectivity index (χ3v) is 3.01. The van der Waals surface area contributed by atoms with Gasteiger partial charge in [0.25, 0.3) is 0 Å². The van der Waals surface area contributed by atoms with Crippen LogP contribution in [0.3, 0.4) is 0 Å². The van der Waals surface area contributed by atoms with E-state index in [-0.39, 0.29) is 0 Å². The standard InChI is InChI=1S/C15H17ClN2O3/c1-3-5-12(4-2)17-15(21)18(10-14(19)20)13-8-6-11(16)7-9-13/h2,6-9,12H,3,5,10H2,1H3,(H,17,21)(H,19,20). The quantitative estimate of drug-likeness (QED) is 0.794. The molecule has 0 saturated heterocycles. The van der Waals surface area contributed by atoms with Crippen molar-refractivity contribution < 1.29 is 14.7 Å². The summed E-state index contributed by atoms with van der Waals surface area (Å²) in [5.74, 6) is 1.36. The number of anilines is 1. The highest BCUT2D eigenvalue weighted by atomic mass is 35.5. The molecule has 0 aliphatic carbocycles. The fraction of sp³-hybridized carbons (Fsp3) is 0.333. The van der Waals surface area contributed by atoms with Crippen LogP contribution in [0, 0.1) is 12.3 Å². The molecule has 1 aromatic carbocycles. The summed E-state index contributed by atoms with van der Waals surface area (Å²) in [6.45, 7) is 1.49. The van der Waals surface area contributed by atoms with Gasteiger partial charge in [0, 0.05) is 10.7 Å². The van der Waals surface area contributed by atoms with Crippen LogP contribution in [0.2, 0.25) is 5.02 Å². The molecule has 1 atom stereocenters. The third kappa shape index (κ3) is 5.36. The van der Waals surface area contributed by atoms with E-state index >= 15 is 0 Å². The van der Waals surface area contributed by atoms with Crippen molar-refractivity contribution in [2.45, 2.75) is 25.8 Å². The molecule has 2 amide bonds. The lowest BCUT2D eigenvalue weighted by molar-refractivity contribution is -0.135. The first-order valence-corrected chi connectivity index (χ1v) is 6.87. The average Bonchev–Trinajstić information content (AvgIpc) is 2.45. The fourth-order valence-electron chi connectivity index (χ4n) is 1.75. The molecule has 21 heavy (non-hydrogen) atoms. The van der Waals surface area contributed by atoms with Crippen LogP contribution in [0.4, 0.5) is 10.5 Å². The summed E-state index contributed by atoms with van der Waals surface area (Å²) < 4.78 is 0. The normalized spacial score (nSPS) is 11.3. The van der Waals surface area contributed by atoms with Crippen LogP contribution in [0.15, 0.2) is 24.3 Å². The predicted molar refractivity (Wildman–Crippen MR) is 82.5 cm³/mol. The Bertz CT molecular complexity index is 537. The molecule has 0 radical (unpaired) electrons. The minimum Gasteiger partial charge on any atom is -0.480 e. The van der Waals surface area contributed by atoms with Crippen molar-refractivity contribution in [2.24, 2.45) is 0 Å². The number of hydrogen-bond donors (Lipinski definition) is 2. The fourth-order valence-corrected chi connectivity index (χ4v) is 1.88. The maximum atomic E-state index is 12.2. The van der Waals surface area contributed by atoms with Gasteiger partial charge in [0.1, 0.15) is 6.54 Å². The van der Waals surface area contributed by atoms with Gasteiger partial charge in [-0.05, 0) is 30.7 Å². The molecule has 112 valence electrons. The molecule has 6 heteroatoms. The molecule has 1 rings (SSSR count). The topological polar surface area (TPSA) is 69.6 Å². The zero-order valence-corrected chi connectivity index (χ0v) is 12.4. The van der Waals surface area contributed by atoms with Gasteiger partial charge in [0.2, 0.25) is 0 Å². The summed E-state index contributed by atoms with van der Waals surface area (Å²) in [7, 11) is 0. The Morgan fingerprint density at radius 2 is 2.05 bits per heavy atom. The number of amides is 2. The second kappa shape index (κ2) is 8.18. The van der Waals surface area contributed by atoms with Crippen molar-refractivity contribution >= 4 is 29.3 Å². The second-order valence-corrected chi connectivity index (χ2v) is 4.85. The molecular formula is C15H17ClN2O3. The summed E-state index contributed by atoms with van der Waals surface area (Å²) in [5, 5.41) is 12.1. The number of terminal acetylenes is 1. The van der Waals surface area contributed by atoms with E-state index in [4.69, 9.17) is 23.1 Å². The Labute approximate surface area is 128 Å². The molecular weight excluding hydrogens is 292 g/mol. The third-order valence-electron chi connectivity index (χ3n) is 2.75. The van der Waals surface area contributed by atoms with Gasteiger partial charge in [0.15, 0.2) is 0 Å². The van der Waals surface area contributed by atoms with Gasteiger partial charge in [-0.1, -0.05) is 30.9 Å². The van der Waals surface area contributed by atoms with E-state index in [1.807, 2.05) is 6.92 Å². The van der Waals surface area contributed by atoms with Crippen LogP contribution in [0.1, 0.15) is 19.8 Å². The van der Waals surface area contributed by atoms with Gasteiger partial charge in [-0.2, -0.15) is 0 Å². The van der Waals surface area contributed by atoms with E-state index in [0.717, 1.165) is 11.3 Å². The van der Waals surface area contributed by atoms with Crippen LogP contribution in [0.25, 0.3) is 0 Å². The Kier molecular flexibility index (Phi) is 6.57. The number of hydrogen-bond acceptors (Lipinski definition) is 2. The number of carboxylic acids is 1. The lowest BCUT2D eigenvalue weighted by atomic mass is 10.2. The van der Waals surface area contributed by atoms with E-state index in [1.54, 1.807) is 24.3 Å². The second-order valence-electron chi connectivity index (χ2n) is 4.41. The smallest absolute Gasteiger partial charge is 0.323 e. The predicted octanol–water partition coefficient (Wildman–Crippen LogP) is 2.74. The highest BCUT2D eigenvalue weighted by Gasteiger charge is 2.20. The summed E-state index contributed by atoms with van der Waals surface area (Å²) >= 11 is 5.79. The van der Waals surface area contributed by atoms with Gasteiger partial charge in [-0.15, -0.1) is 6.42 Å². The number of aliphatic carboxylic acids is 1. The van der Waals surface area contributed by atoms with Gasteiger partial charge < -0.3 is 10.4 Å². The Morgan fingerprint density at radius 3 is 2.52 bits per heavy atom. The van der Waals surface area contributed by atoms with Crippen LogP contribution in [-0.4, -0.2) is 29.7 Å². The van der Waals surface area contributed by atoms with Crippen molar-refractivity contribution in [2.75, 3.05) is 11.4 Å². The maximum Gasteiger partial charge on any atom is 0.323 e. The number of urea groups is 1. The van der Waals surface area contributed by atoms with E-state index in [9.17, 15) is 9.59 Å². The number of rotatable bonds is 6. The van der Waals surface area contributed by atoms with Crippen molar-refractivity contribution in [3.63, 3.8) is 0 Å². The van der Waals surface area contributed by atoms with Crippen LogP contribution < -0.4 is 10.2 Å². The first-order chi connectivity index (χ1) is 9.97. The van der Waals surface area contributed by atoms with Crippen molar-refractivity contribution in [1.29, 1.82) is 0 Å². The molecule has 2 N–H and O–H groups in total. The monoisotopic (exact) mass is 308 g/mol. The van der Waals surface area contributed by atoms with Crippen molar-refractivity contribution in [3.05, 3.63) is 29.3 Å². The minimum absolute atomic E-state index is 0.425. The van der Waals surface area contributed by atoms with Crippen molar-refractivity contribution in [1.82, 2.24) is 5.32 Å². The molecule has 0 saturated carbocycles. The molecule has 0 heterocycles. The SMILES string of the molecule is C#CC(CCC)NC(=O)N(CC(=O)O)c1ccc(Cl)cc1. The average molecular weight is 309 g/mol. The summed E-state index contributed by atoms with van der Waals surface area (Å²) in [6.07, 6.45) is 6.79. The van der Waals surface area contributed by atoms with E-state index < -0.39 is 24.6 Å². The summed E-state index contributed by atoms with van der Waals surface area (Å²) in [5.41, 5.74) is 0.437. The number of carbonyl (C=O) groups is 2. The van der Waals surface area contributed by atoms with Crippen molar-refractivity contribution in [3.8, 4) is 12.3 Å². The molecule has 0 aromatic heterocycles. The van der Waals surface area contributed by atoms with Crippen LogP contribution >= 0.6 is 11.6 Å². The molecule has 0 aliphatic heterocycles. The summed E-state index contributed by atoms with van der Waals surface area (Å²) in [4.78, 5) is 24.3. The zero-order chi connectivity index (χ0) is 15.8. The van der Waals surface area contributed by atoms with Gasteiger partial charge in [-0.3, -0.25) is 9.69 Å². The molecule has 0 fully saturated rings. The van der Waals surface area contributed by atoms with E-state index in [2.05, 4.69) is 11.2 Å². The number of benzene rings is 1. The lowest BCUT2D eigenvalue weighted by Gasteiger charge is -2.23. The largest absolute Gasteiger partial charge is 0.480 e. The first-order valence-electron chi connectivity index (χ1n) is 6.49. The Balaban J connectivity index is 2.91. The van der Waals surface area contributed by atoms with E-state index in [0.29, 0.717) is 17.1 Å².